The van der Waals surface area contributed by atoms with E-state index in [2.05, 4.69) is 17.0 Å². The zero-order chi connectivity index (χ0) is 19.8. The molecule has 5 nitrogen and oxygen atoms in total. The Bertz CT molecular complexity index is 751. The first-order chi connectivity index (χ1) is 13.7. The van der Waals surface area contributed by atoms with Crippen LogP contribution in [0, 0.1) is 5.92 Å². The smallest absolute Gasteiger partial charge is 0.293 e. The maximum atomic E-state index is 13.3. The fourth-order valence-corrected chi connectivity index (χ4v) is 3.96. The molecule has 0 saturated carbocycles. The molecule has 28 heavy (non-hydrogen) atoms. The maximum Gasteiger partial charge on any atom is 0.293 e. The van der Waals surface area contributed by atoms with Crippen molar-refractivity contribution < 1.29 is 14.3 Å². The minimum absolute atomic E-state index is 0.0221. The molecule has 0 N–H and O–H groups in total. The Kier molecular flexibility index (Phi) is 7.20. The summed E-state index contributed by atoms with van der Waals surface area (Å²) >= 11 is 0. The van der Waals surface area contributed by atoms with Gasteiger partial charge in [0.25, 0.3) is 6.47 Å². The molecule has 1 fully saturated rings. The van der Waals surface area contributed by atoms with Crippen LogP contribution in [0.4, 0.5) is 0 Å². The van der Waals surface area contributed by atoms with Crippen molar-refractivity contribution in [1.29, 1.82) is 0 Å². The van der Waals surface area contributed by atoms with Crippen molar-refractivity contribution in [3.8, 4) is 0 Å². The lowest BCUT2D eigenvalue weighted by molar-refractivity contribution is -0.142. The summed E-state index contributed by atoms with van der Waals surface area (Å²) < 4.78 is 5.06. The molecule has 3 rings (SSSR count). The van der Waals surface area contributed by atoms with Crippen LogP contribution >= 0.6 is 0 Å². The Morgan fingerprint density at radius 1 is 1.18 bits per heavy atom. The van der Waals surface area contributed by atoms with Gasteiger partial charge < -0.3 is 9.64 Å². The molecule has 1 heterocycles. The lowest BCUT2D eigenvalue weighted by Crippen LogP contribution is -2.41. The van der Waals surface area contributed by atoms with Crippen LogP contribution in [0.15, 0.2) is 60.7 Å². The van der Waals surface area contributed by atoms with Crippen molar-refractivity contribution in [3.63, 3.8) is 0 Å². The monoisotopic (exact) mass is 380 g/mol. The first-order valence-electron chi connectivity index (χ1n) is 9.90. The van der Waals surface area contributed by atoms with E-state index in [-0.39, 0.29) is 24.5 Å². The Hall–Kier alpha value is -2.66. The number of hydrogen-bond acceptors (Lipinski definition) is 4. The number of carbonyl (C=O) groups excluding carboxylic acids is 2. The highest BCUT2D eigenvalue weighted by Gasteiger charge is 2.34. The van der Waals surface area contributed by atoms with E-state index in [0.717, 1.165) is 31.6 Å². The third-order valence-electron chi connectivity index (χ3n) is 5.38. The molecule has 0 aliphatic carbocycles. The number of rotatable bonds is 9. The van der Waals surface area contributed by atoms with E-state index in [1.54, 1.807) is 0 Å². The van der Waals surface area contributed by atoms with E-state index in [1.165, 1.54) is 5.56 Å². The number of amides is 1. The Morgan fingerprint density at radius 2 is 1.86 bits per heavy atom. The van der Waals surface area contributed by atoms with Crippen LogP contribution in [0.2, 0.25) is 0 Å². The molecule has 2 aromatic rings. The third kappa shape index (κ3) is 4.98. The first kappa shape index (κ1) is 20.1. The van der Waals surface area contributed by atoms with Gasteiger partial charge in [0.2, 0.25) is 5.91 Å². The van der Waals surface area contributed by atoms with Crippen LogP contribution in [-0.4, -0.2) is 48.4 Å². The van der Waals surface area contributed by atoms with E-state index >= 15 is 0 Å². The summed E-state index contributed by atoms with van der Waals surface area (Å²) in [7, 11) is 0. The summed E-state index contributed by atoms with van der Waals surface area (Å²) in [6.45, 7) is 5.73. The van der Waals surface area contributed by atoms with Crippen LogP contribution in [-0.2, 0) is 20.9 Å². The number of nitrogens with zero attached hydrogens (tertiary/aromatic N) is 2. The van der Waals surface area contributed by atoms with E-state index < -0.39 is 0 Å². The molecule has 148 valence electrons. The normalized spacial score (nSPS) is 17.8. The average Bonchev–Trinajstić information content (AvgIpc) is 3.20. The van der Waals surface area contributed by atoms with Crippen molar-refractivity contribution >= 4 is 12.4 Å². The standard InChI is InChI=1S/C23H28N2O3/c1-2-25(22(17-28-18-26)20-11-7-4-8-12-20)23(27)21-13-14-24(16-21)15-19-9-5-3-6-10-19/h3-12,18,21-22H,2,13-17H2,1H3/t21?,22-/m1/s1. The summed E-state index contributed by atoms with van der Waals surface area (Å²) in [6.07, 6.45) is 0.859. The molecule has 0 radical (unpaired) electrons. The van der Waals surface area contributed by atoms with Crippen LogP contribution in [0.25, 0.3) is 0 Å². The topological polar surface area (TPSA) is 49.9 Å². The molecule has 1 aliphatic heterocycles. The molecule has 1 amide bonds. The third-order valence-corrected chi connectivity index (χ3v) is 5.38. The number of benzene rings is 2. The van der Waals surface area contributed by atoms with E-state index in [1.807, 2.05) is 60.4 Å². The predicted molar refractivity (Wildman–Crippen MR) is 108 cm³/mol. The van der Waals surface area contributed by atoms with Gasteiger partial charge in [0.05, 0.1) is 12.0 Å². The zero-order valence-corrected chi connectivity index (χ0v) is 16.4. The highest BCUT2D eigenvalue weighted by atomic mass is 16.5. The molecular weight excluding hydrogens is 352 g/mol. The Labute approximate surface area is 166 Å². The van der Waals surface area contributed by atoms with Crippen molar-refractivity contribution in [3.05, 3.63) is 71.8 Å². The van der Waals surface area contributed by atoms with E-state index in [9.17, 15) is 9.59 Å². The SMILES string of the molecule is CCN(C(=O)C1CCN(Cc2ccccc2)C1)[C@H](COC=O)c1ccccc1. The number of ether oxygens (including phenoxy) is 1. The second-order valence-corrected chi connectivity index (χ2v) is 7.19. The van der Waals surface area contributed by atoms with Crippen LogP contribution < -0.4 is 0 Å². The quantitative estimate of drug-likeness (QED) is 0.627. The molecule has 2 aromatic carbocycles. The largest absolute Gasteiger partial charge is 0.465 e. The molecule has 0 aromatic heterocycles. The molecule has 2 atom stereocenters. The van der Waals surface area contributed by atoms with Gasteiger partial charge in [-0.15, -0.1) is 0 Å². The second-order valence-electron chi connectivity index (χ2n) is 7.19. The lowest BCUT2D eigenvalue weighted by atomic mass is 10.0. The van der Waals surface area contributed by atoms with Gasteiger partial charge in [-0.3, -0.25) is 14.5 Å². The minimum atomic E-state index is -0.257. The van der Waals surface area contributed by atoms with Crippen LogP contribution in [0.5, 0.6) is 0 Å². The van der Waals surface area contributed by atoms with Gasteiger partial charge in [0.1, 0.15) is 6.61 Å². The van der Waals surface area contributed by atoms with Crippen molar-refractivity contribution in [1.82, 2.24) is 9.80 Å². The Morgan fingerprint density at radius 3 is 2.50 bits per heavy atom. The Balaban J connectivity index is 1.68. The zero-order valence-electron chi connectivity index (χ0n) is 16.4. The van der Waals surface area contributed by atoms with Crippen molar-refractivity contribution in [2.24, 2.45) is 5.92 Å². The van der Waals surface area contributed by atoms with Gasteiger partial charge in [-0.25, -0.2) is 0 Å². The number of likely N-dealkylation sites (N-methyl/N-ethyl adjacent to an activating group) is 1. The molecule has 0 spiro atoms. The fraction of sp³-hybridized carbons (Fsp3) is 0.391. The number of carbonyl (C=O) groups is 2. The molecule has 5 heteroatoms. The van der Waals surface area contributed by atoms with Gasteiger partial charge in [-0.05, 0) is 31.0 Å². The van der Waals surface area contributed by atoms with Crippen LogP contribution in [0.3, 0.4) is 0 Å². The summed E-state index contributed by atoms with van der Waals surface area (Å²) in [5, 5.41) is 0. The van der Waals surface area contributed by atoms with E-state index in [0.29, 0.717) is 13.0 Å². The number of likely N-dealkylation sites (tertiary alicyclic amines) is 1. The highest BCUT2D eigenvalue weighted by molar-refractivity contribution is 5.80. The molecular formula is C23H28N2O3. The molecule has 0 bridgehead atoms. The van der Waals surface area contributed by atoms with Gasteiger partial charge >= 0.3 is 0 Å². The second kappa shape index (κ2) is 10.0. The first-order valence-corrected chi connectivity index (χ1v) is 9.90. The summed E-state index contributed by atoms with van der Waals surface area (Å²) in [5.74, 6) is 0.118. The minimum Gasteiger partial charge on any atom is -0.465 e. The fourth-order valence-electron chi connectivity index (χ4n) is 3.96. The van der Waals surface area contributed by atoms with Gasteiger partial charge in [-0.1, -0.05) is 60.7 Å². The van der Waals surface area contributed by atoms with E-state index in [4.69, 9.17) is 4.74 Å². The predicted octanol–water partition coefficient (Wildman–Crippen LogP) is 3.27. The van der Waals surface area contributed by atoms with Gasteiger partial charge in [0, 0.05) is 19.6 Å². The average molecular weight is 380 g/mol. The lowest BCUT2D eigenvalue weighted by Gasteiger charge is -2.32. The summed E-state index contributed by atoms with van der Waals surface area (Å²) in [6, 6.07) is 19.9. The molecule has 1 unspecified atom stereocenters. The maximum absolute atomic E-state index is 13.3. The highest BCUT2D eigenvalue weighted by Crippen LogP contribution is 2.27. The summed E-state index contributed by atoms with van der Waals surface area (Å²) in [5.41, 5.74) is 2.25. The summed E-state index contributed by atoms with van der Waals surface area (Å²) in [4.78, 5) is 28.3. The van der Waals surface area contributed by atoms with Gasteiger partial charge in [0.15, 0.2) is 0 Å². The van der Waals surface area contributed by atoms with Crippen LogP contribution in [0.1, 0.15) is 30.5 Å². The number of hydrogen-bond donors (Lipinski definition) is 0. The molecule has 1 saturated heterocycles. The van der Waals surface area contributed by atoms with Crippen molar-refractivity contribution in [2.45, 2.75) is 25.9 Å². The van der Waals surface area contributed by atoms with Gasteiger partial charge in [-0.2, -0.15) is 0 Å². The van der Waals surface area contributed by atoms with Crippen molar-refractivity contribution in [2.75, 3.05) is 26.2 Å². The molecule has 1 aliphatic rings.